The average Bonchev–Trinajstić information content (AvgIpc) is 2.79. The molecule has 1 aliphatic rings. The van der Waals surface area contributed by atoms with Crippen LogP contribution in [-0.4, -0.2) is 15.6 Å². The van der Waals surface area contributed by atoms with Gasteiger partial charge in [0.2, 0.25) is 0 Å². The number of hydrogen-bond donors (Lipinski definition) is 0. The molecule has 2 aromatic rings. The highest BCUT2D eigenvalue weighted by Crippen LogP contribution is 2.37. The Labute approximate surface area is 125 Å². The summed E-state index contributed by atoms with van der Waals surface area (Å²) in [5.74, 6) is 0.765. The van der Waals surface area contributed by atoms with Crippen LogP contribution >= 0.6 is 15.9 Å². The van der Waals surface area contributed by atoms with Crippen molar-refractivity contribution in [3.63, 3.8) is 0 Å². The number of benzene rings is 1. The lowest BCUT2D eigenvalue weighted by Crippen LogP contribution is -2.20. The van der Waals surface area contributed by atoms with Crippen LogP contribution in [0.4, 0.5) is 0 Å². The van der Waals surface area contributed by atoms with Crippen molar-refractivity contribution in [2.45, 2.75) is 25.9 Å². The third-order valence-electron chi connectivity index (χ3n) is 3.50. The van der Waals surface area contributed by atoms with Crippen molar-refractivity contribution < 1.29 is 9.53 Å². The SMILES string of the molecule is CCc1nn(C)cc1C1CC(=O)c2ccc(Br)cc2O1. The molecule has 1 aromatic heterocycles. The van der Waals surface area contributed by atoms with Gasteiger partial charge in [0.1, 0.15) is 11.9 Å². The van der Waals surface area contributed by atoms with Crippen LogP contribution in [0.5, 0.6) is 5.75 Å². The first-order valence-electron chi connectivity index (χ1n) is 6.60. The molecule has 0 aliphatic carbocycles. The second-order valence-corrected chi connectivity index (χ2v) is 5.85. The fraction of sp³-hybridized carbons (Fsp3) is 0.333. The summed E-state index contributed by atoms with van der Waals surface area (Å²) in [5, 5.41) is 4.42. The lowest BCUT2D eigenvalue weighted by atomic mass is 9.96. The van der Waals surface area contributed by atoms with E-state index in [-0.39, 0.29) is 11.9 Å². The maximum atomic E-state index is 12.3. The maximum Gasteiger partial charge on any atom is 0.170 e. The van der Waals surface area contributed by atoms with Gasteiger partial charge in [-0.25, -0.2) is 0 Å². The van der Waals surface area contributed by atoms with Crippen molar-refractivity contribution in [2.24, 2.45) is 7.05 Å². The van der Waals surface area contributed by atoms with Gasteiger partial charge in [0.05, 0.1) is 17.7 Å². The smallest absolute Gasteiger partial charge is 0.170 e. The van der Waals surface area contributed by atoms with E-state index in [1.54, 1.807) is 4.68 Å². The zero-order valence-electron chi connectivity index (χ0n) is 11.4. The largest absolute Gasteiger partial charge is 0.484 e. The van der Waals surface area contributed by atoms with E-state index >= 15 is 0 Å². The van der Waals surface area contributed by atoms with E-state index in [0.717, 1.165) is 22.2 Å². The predicted molar refractivity (Wildman–Crippen MR) is 79.0 cm³/mol. The van der Waals surface area contributed by atoms with Crippen LogP contribution in [0.1, 0.15) is 41.1 Å². The van der Waals surface area contributed by atoms with E-state index in [1.807, 2.05) is 31.4 Å². The highest BCUT2D eigenvalue weighted by molar-refractivity contribution is 9.10. The molecule has 0 bridgehead atoms. The fourth-order valence-electron chi connectivity index (χ4n) is 2.57. The number of aromatic nitrogens is 2. The molecule has 5 heteroatoms. The number of hydrogen-bond acceptors (Lipinski definition) is 3. The minimum atomic E-state index is -0.243. The first kappa shape index (κ1) is 13.4. The predicted octanol–water partition coefficient (Wildman–Crippen LogP) is 3.45. The van der Waals surface area contributed by atoms with Crippen molar-refractivity contribution in [1.29, 1.82) is 0 Å². The Morgan fingerprint density at radius 1 is 1.50 bits per heavy atom. The van der Waals surface area contributed by atoms with E-state index in [4.69, 9.17) is 4.74 Å². The molecular formula is C15H15BrN2O2. The summed E-state index contributed by atoms with van der Waals surface area (Å²) in [5.41, 5.74) is 2.66. The Balaban J connectivity index is 2.00. The summed E-state index contributed by atoms with van der Waals surface area (Å²) in [7, 11) is 1.89. The molecule has 0 N–H and O–H groups in total. The van der Waals surface area contributed by atoms with Gasteiger partial charge in [-0.3, -0.25) is 9.48 Å². The van der Waals surface area contributed by atoms with Crippen LogP contribution in [0.25, 0.3) is 0 Å². The zero-order valence-corrected chi connectivity index (χ0v) is 13.0. The average molecular weight is 335 g/mol. The van der Waals surface area contributed by atoms with Gasteiger partial charge in [0.25, 0.3) is 0 Å². The molecule has 1 unspecified atom stereocenters. The van der Waals surface area contributed by atoms with Gasteiger partial charge in [-0.15, -0.1) is 0 Å². The summed E-state index contributed by atoms with van der Waals surface area (Å²) in [6.45, 7) is 2.06. The van der Waals surface area contributed by atoms with Gasteiger partial charge in [-0.1, -0.05) is 22.9 Å². The normalized spacial score (nSPS) is 17.8. The van der Waals surface area contributed by atoms with Crippen LogP contribution in [-0.2, 0) is 13.5 Å². The fourth-order valence-corrected chi connectivity index (χ4v) is 2.91. The molecule has 1 atom stereocenters. The molecular weight excluding hydrogens is 320 g/mol. The highest BCUT2D eigenvalue weighted by Gasteiger charge is 2.30. The van der Waals surface area contributed by atoms with E-state index in [2.05, 4.69) is 28.0 Å². The first-order valence-corrected chi connectivity index (χ1v) is 7.39. The Morgan fingerprint density at radius 3 is 3.05 bits per heavy atom. The maximum absolute atomic E-state index is 12.3. The summed E-state index contributed by atoms with van der Waals surface area (Å²) < 4.78 is 8.71. The summed E-state index contributed by atoms with van der Waals surface area (Å²) in [6, 6.07) is 5.52. The lowest BCUT2D eigenvalue weighted by molar-refractivity contribution is 0.0849. The second-order valence-electron chi connectivity index (χ2n) is 4.93. The summed E-state index contributed by atoms with van der Waals surface area (Å²) in [6.07, 6.45) is 2.90. The number of ether oxygens (including phenoxy) is 1. The Hall–Kier alpha value is -1.62. The minimum absolute atomic E-state index is 0.120. The monoisotopic (exact) mass is 334 g/mol. The van der Waals surface area contributed by atoms with Crippen molar-refractivity contribution in [1.82, 2.24) is 9.78 Å². The molecule has 0 fully saturated rings. The molecule has 104 valence electrons. The van der Waals surface area contributed by atoms with Gasteiger partial charge < -0.3 is 4.74 Å². The number of aryl methyl sites for hydroxylation is 2. The number of carbonyl (C=O) groups excluding carboxylic acids is 1. The third-order valence-corrected chi connectivity index (χ3v) is 4.00. The quantitative estimate of drug-likeness (QED) is 0.844. The topological polar surface area (TPSA) is 44.1 Å². The molecule has 0 radical (unpaired) electrons. The summed E-state index contributed by atoms with van der Waals surface area (Å²) in [4.78, 5) is 12.3. The number of ketones is 1. The number of rotatable bonds is 2. The molecule has 1 aliphatic heterocycles. The minimum Gasteiger partial charge on any atom is -0.484 e. The molecule has 0 saturated heterocycles. The van der Waals surface area contributed by atoms with Crippen molar-refractivity contribution in [3.8, 4) is 5.75 Å². The molecule has 1 aromatic carbocycles. The molecule has 3 rings (SSSR count). The zero-order chi connectivity index (χ0) is 14.3. The standard InChI is InChI=1S/C15H15BrN2O2/c1-3-12-11(8-18(2)17-12)15-7-13(19)10-5-4-9(16)6-14(10)20-15/h4-6,8,15H,3,7H2,1-2H3. The van der Waals surface area contributed by atoms with E-state index < -0.39 is 0 Å². The van der Waals surface area contributed by atoms with E-state index in [9.17, 15) is 4.79 Å². The van der Waals surface area contributed by atoms with Crippen LogP contribution in [0.2, 0.25) is 0 Å². The van der Waals surface area contributed by atoms with Gasteiger partial charge in [0, 0.05) is 23.3 Å². The number of fused-ring (bicyclic) bond motifs is 1. The van der Waals surface area contributed by atoms with E-state index in [0.29, 0.717) is 17.7 Å². The van der Waals surface area contributed by atoms with Crippen LogP contribution in [0.3, 0.4) is 0 Å². The van der Waals surface area contributed by atoms with Gasteiger partial charge in [0.15, 0.2) is 5.78 Å². The van der Waals surface area contributed by atoms with E-state index in [1.165, 1.54) is 0 Å². The Kier molecular flexibility index (Phi) is 3.38. The van der Waals surface area contributed by atoms with Crippen molar-refractivity contribution in [3.05, 3.63) is 45.7 Å². The number of halogens is 1. The molecule has 0 spiro atoms. The van der Waals surface area contributed by atoms with Gasteiger partial charge in [-0.05, 0) is 24.6 Å². The molecule has 2 heterocycles. The van der Waals surface area contributed by atoms with Gasteiger partial charge >= 0.3 is 0 Å². The number of Topliss-reactive ketones (excluding diaryl/α,β-unsaturated/α-hetero) is 1. The molecule has 0 amide bonds. The van der Waals surface area contributed by atoms with Crippen LogP contribution in [0.15, 0.2) is 28.9 Å². The second kappa shape index (κ2) is 5.05. The Morgan fingerprint density at radius 2 is 2.30 bits per heavy atom. The van der Waals surface area contributed by atoms with Crippen molar-refractivity contribution in [2.75, 3.05) is 0 Å². The molecule has 4 nitrogen and oxygen atoms in total. The highest BCUT2D eigenvalue weighted by atomic mass is 79.9. The third kappa shape index (κ3) is 2.26. The first-order chi connectivity index (χ1) is 9.58. The summed E-state index contributed by atoms with van der Waals surface area (Å²) >= 11 is 3.41. The van der Waals surface area contributed by atoms with Crippen molar-refractivity contribution >= 4 is 21.7 Å². The number of nitrogens with zero attached hydrogens (tertiary/aromatic N) is 2. The molecule has 0 saturated carbocycles. The number of carbonyl (C=O) groups is 1. The van der Waals surface area contributed by atoms with Crippen LogP contribution in [0, 0.1) is 0 Å². The van der Waals surface area contributed by atoms with Gasteiger partial charge in [-0.2, -0.15) is 5.10 Å². The Bertz CT molecular complexity index is 679. The lowest BCUT2D eigenvalue weighted by Gasteiger charge is -2.25. The van der Waals surface area contributed by atoms with Crippen LogP contribution < -0.4 is 4.74 Å². The molecule has 20 heavy (non-hydrogen) atoms.